The van der Waals surface area contributed by atoms with Crippen molar-refractivity contribution in [2.45, 2.75) is 69.4 Å². The number of rotatable bonds is 13. The van der Waals surface area contributed by atoms with Gasteiger partial charge in [-0.05, 0) is 54.4 Å². The second-order valence-electron chi connectivity index (χ2n) is 12.8. The van der Waals surface area contributed by atoms with Gasteiger partial charge in [0.05, 0.1) is 23.8 Å². The number of likely N-dealkylation sites (N-methyl/N-ethyl adjacent to an activating group) is 1. The fourth-order valence-corrected chi connectivity index (χ4v) is 6.11. The third-order valence-electron chi connectivity index (χ3n) is 8.91. The number of imidazole rings is 1. The topological polar surface area (TPSA) is 246 Å². The molecule has 0 saturated heterocycles. The van der Waals surface area contributed by atoms with E-state index in [0.29, 0.717) is 18.2 Å². The number of carbonyl (C=O) groups excluding carboxylic acids is 1. The summed E-state index contributed by atoms with van der Waals surface area (Å²) in [5.74, 6) is -2.07. The molecular weight excluding hydrogens is 660 g/mol. The molecule has 1 fully saturated rings. The Bertz CT molecular complexity index is 1750. The molecule has 14 nitrogen and oxygen atoms in total. The van der Waals surface area contributed by atoms with E-state index in [2.05, 4.69) is 20.6 Å². The summed E-state index contributed by atoms with van der Waals surface area (Å²) in [6, 6.07) is 17.6. The van der Waals surface area contributed by atoms with Crippen molar-refractivity contribution in [3.05, 3.63) is 83.2 Å². The first-order chi connectivity index (χ1) is 24.4. The Hall–Kier alpha value is -4.70. The monoisotopic (exact) mass is 706 g/mol. The maximum absolute atomic E-state index is 13.5. The average molecular weight is 707 g/mol. The van der Waals surface area contributed by atoms with E-state index in [1.165, 1.54) is 25.0 Å². The van der Waals surface area contributed by atoms with Crippen molar-refractivity contribution in [1.82, 2.24) is 15.3 Å². The van der Waals surface area contributed by atoms with Crippen LogP contribution in [0.1, 0.15) is 75.4 Å². The predicted octanol–water partition coefficient (Wildman–Crippen LogP) is 3.03. The fraction of sp³-hybridized carbons (Fsp3) is 0.405. The molecule has 1 heterocycles. The van der Waals surface area contributed by atoms with Gasteiger partial charge in [-0.3, -0.25) is 4.79 Å². The summed E-state index contributed by atoms with van der Waals surface area (Å²) in [6.07, 6.45) is 1.99. The van der Waals surface area contributed by atoms with Crippen LogP contribution in [0, 0.1) is 5.92 Å². The number of fused-ring (bicyclic) bond motifs is 1. The number of H-pyrrole nitrogens is 1. The summed E-state index contributed by atoms with van der Waals surface area (Å²) in [7, 11) is 1.57. The maximum Gasteiger partial charge on any atom is 0.335 e. The number of aromatic nitrogens is 2. The maximum atomic E-state index is 13.5. The summed E-state index contributed by atoms with van der Waals surface area (Å²) in [5, 5.41) is 71.1. The SMILES string of the molecule is CNCC(O)C(O)C(O)C(O)CO.O=C(O)c1cc(NC(=O)c2nc(-c3ccc4ccccc4c3)[nH]c2CC2CCCCCC2)cc(C(=O)O)c1. The molecule has 4 unspecified atom stereocenters. The predicted molar refractivity (Wildman–Crippen MR) is 190 cm³/mol. The largest absolute Gasteiger partial charge is 0.478 e. The van der Waals surface area contributed by atoms with E-state index < -0.39 is 48.9 Å². The van der Waals surface area contributed by atoms with Gasteiger partial charge in [-0.25, -0.2) is 14.6 Å². The van der Waals surface area contributed by atoms with Crippen molar-refractivity contribution in [3.8, 4) is 11.4 Å². The molecule has 10 N–H and O–H groups in total. The number of anilines is 1. The Morgan fingerprint density at radius 1 is 0.824 bits per heavy atom. The van der Waals surface area contributed by atoms with Crippen molar-refractivity contribution in [3.63, 3.8) is 0 Å². The lowest BCUT2D eigenvalue weighted by Crippen LogP contribution is -2.48. The van der Waals surface area contributed by atoms with Gasteiger partial charge in [0.15, 0.2) is 0 Å². The van der Waals surface area contributed by atoms with Gasteiger partial charge in [0.1, 0.15) is 29.8 Å². The highest BCUT2D eigenvalue weighted by molar-refractivity contribution is 6.05. The minimum atomic E-state index is -1.55. The zero-order valence-electron chi connectivity index (χ0n) is 28.3. The van der Waals surface area contributed by atoms with Crippen LogP contribution in [0.25, 0.3) is 22.2 Å². The number of nitrogens with zero attached hydrogens (tertiary/aromatic N) is 1. The number of amides is 1. The van der Waals surface area contributed by atoms with Crippen LogP contribution in [-0.2, 0) is 6.42 Å². The number of hydrogen-bond acceptors (Lipinski definition) is 10. The standard InChI is InChI=1S/C30H29N3O5.C7H17NO5/c34-28(31-24-16-22(29(35)36)15-23(17-24)30(37)38)26-25(13-18-7-3-1-2-4-8-18)32-27(33-26)21-12-11-19-9-5-6-10-20(19)14-21;1-8-2-4(10)6(12)7(13)5(11)3-9/h5-6,9-12,14-18H,1-4,7-8,13H2,(H,31,34)(H,32,33)(H,35,36)(H,37,38);4-13H,2-3H2,1H3. The molecule has 4 atom stereocenters. The van der Waals surface area contributed by atoms with Crippen LogP contribution in [0.15, 0.2) is 60.7 Å². The van der Waals surface area contributed by atoms with Crippen LogP contribution >= 0.6 is 0 Å². The fourth-order valence-electron chi connectivity index (χ4n) is 6.11. The van der Waals surface area contributed by atoms with E-state index in [1.807, 2.05) is 42.5 Å². The van der Waals surface area contributed by atoms with Gasteiger partial charge in [0, 0.05) is 23.5 Å². The molecule has 0 spiro atoms. The first-order valence-corrected chi connectivity index (χ1v) is 16.9. The van der Waals surface area contributed by atoms with Crippen molar-refractivity contribution in [2.75, 3.05) is 25.5 Å². The van der Waals surface area contributed by atoms with Crippen molar-refractivity contribution in [2.24, 2.45) is 5.92 Å². The van der Waals surface area contributed by atoms with Crippen LogP contribution in [0.2, 0.25) is 0 Å². The number of aromatic carboxylic acids is 2. The van der Waals surface area contributed by atoms with Crippen LogP contribution < -0.4 is 10.6 Å². The van der Waals surface area contributed by atoms with Gasteiger partial charge in [0.25, 0.3) is 5.91 Å². The third kappa shape index (κ3) is 10.7. The Labute approximate surface area is 294 Å². The van der Waals surface area contributed by atoms with Gasteiger partial charge < -0.3 is 51.4 Å². The molecule has 5 rings (SSSR count). The van der Waals surface area contributed by atoms with Gasteiger partial charge in [-0.1, -0.05) is 74.9 Å². The molecule has 0 aliphatic heterocycles. The lowest BCUT2D eigenvalue weighted by Gasteiger charge is -2.25. The number of carbonyl (C=O) groups is 3. The summed E-state index contributed by atoms with van der Waals surface area (Å²) < 4.78 is 0. The van der Waals surface area contributed by atoms with Gasteiger partial charge >= 0.3 is 11.9 Å². The van der Waals surface area contributed by atoms with Gasteiger partial charge in [-0.2, -0.15) is 0 Å². The molecule has 1 aliphatic carbocycles. The highest BCUT2D eigenvalue weighted by Crippen LogP contribution is 2.29. The van der Waals surface area contributed by atoms with Gasteiger partial charge in [-0.15, -0.1) is 0 Å². The molecule has 274 valence electrons. The average Bonchev–Trinajstić information content (AvgIpc) is 3.38. The highest BCUT2D eigenvalue weighted by atomic mass is 16.4. The Morgan fingerprint density at radius 2 is 1.43 bits per heavy atom. The minimum Gasteiger partial charge on any atom is -0.478 e. The quantitative estimate of drug-likeness (QED) is 0.0902. The molecule has 1 aromatic heterocycles. The number of aliphatic hydroxyl groups is 5. The number of aromatic amines is 1. The molecule has 14 heteroatoms. The van der Waals surface area contributed by atoms with Crippen LogP contribution in [-0.4, -0.2) is 108 Å². The molecule has 1 aliphatic rings. The molecule has 1 saturated carbocycles. The number of hydrogen-bond donors (Lipinski definition) is 10. The molecule has 4 aromatic rings. The van der Waals surface area contributed by atoms with Crippen LogP contribution in [0.5, 0.6) is 0 Å². The second-order valence-corrected chi connectivity index (χ2v) is 12.8. The van der Waals surface area contributed by atoms with E-state index >= 15 is 0 Å². The number of nitrogens with one attached hydrogen (secondary N) is 3. The third-order valence-corrected chi connectivity index (χ3v) is 8.91. The summed E-state index contributed by atoms with van der Waals surface area (Å²) in [6.45, 7) is -0.569. The van der Waals surface area contributed by atoms with Crippen LogP contribution in [0.4, 0.5) is 5.69 Å². The zero-order valence-corrected chi connectivity index (χ0v) is 28.3. The lowest BCUT2D eigenvalue weighted by atomic mass is 9.94. The molecule has 0 radical (unpaired) electrons. The van der Waals surface area contributed by atoms with E-state index in [-0.39, 0.29) is 29.1 Å². The molecule has 3 aromatic carbocycles. The summed E-state index contributed by atoms with van der Waals surface area (Å²) >= 11 is 0. The van der Waals surface area contributed by atoms with E-state index in [1.54, 1.807) is 7.05 Å². The lowest BCUT2D eigenvalue weighted by molar-refractivity contribution is -0.113. The van der Waals surface area contributed by atoms with Crippen molar-refractivity contribution in [1.29, 1.82) is 0 Å². The highest BCUT2D eigenvalue weighted by Gasteiger charge is 2.29. The summed E-state index contributed by atoms with van der Waals surface area (Å²) in [5.41, 5.74) is 1.45. The first-order valence-electron chi connectivity index (χ1n) is 16.9. The van der Waals surface area contributed by atoms with E-state index in [0.717, 1.165) is 53.8 Å². The Morgan fingerprint density at radius 3 is 2.02 bits per heavy atom. The Balaban J connectivity index is 0.000000383. The smallest absolute Gasteiger partial charge is 0.335 e. The molecular formula is C37H46N4O10. The van der Waals surface area contributed by atoms with Crippen LogP contribution in [0.3, 0.4) is 0 Å². The normalized spacial score (nSPS) is 15.9. The second kappa shape index (κ2) is 18.5. The first kappa shape index (κ1) is 39.1. The summed E-state index contributed by atoms with van der Waals surface area (Å²) in [4.78, 5) is 44.6. The minimum absolute atomic E-state index is 0.0861. The molecule has 51 heavy (non-hydrogen) atoms. The number of carboxylic acid groups (broad SMARTS) is 2. The molecule has 0 bridgehead atoms. The van der Waals surface area contributed by atoms with Gasteiger partial charge in [0.2, 0.25) is 0 Å². The van der Waals surface area contributed by atoms with E-state index in [9.17, 15) is 29.7 Å². The zero-order chi connectivity index (χ0) is 37.1. The molecule has 1 amide bonds. The number of carboxylic acids is 2. The number of aliphatic hydroxyl groups excluding tert-OH is 5. The number of benzene rings is 3. The Kier molecular flexibility index (Phi) is 14.2. The van der Waals surface area contributed by atoms with Crippen molar-refractivity contribution >= 4 is 34.3 Å². The van der Waals surface area contributed by atoms with Crippen molar-refractivity contribution < 1.29 is 50.1 Å². The van der Waals surface area contributed by atoms with E-state index in [4.69, 9.17) is 20.4 Å².